The lowest BCUT2D eigenvalue weighted by atomic mass is 10.0. The van der Waals surface area contributed by atoms with Crippen molar-refractivity contribution in [2.75, 3.05) is 20.3 Å². The van der Waals surface area contributed by atoms with E-state index in [-0.39, 0.29) is 5.91 Å². The Bertz CT molecular complexity index is 219. The van der Waals surface area contributed by atoms with Crippen LogP contribution in [-0.4, -0.2) is 38.3 Å². The average molecular weight is 228 g/mol. The first-order valence-corrected chi connectivity index (χ1v) is 6.15. The van der Waals surface area contributed by atoms with Crippen molar-refractivity contribution in [3.63, 3.8) is 0 Å². The van der Waals surface area contributed by atoms with Crippen molar-refractivity contribution in [3.8, 4) is 0 Å². The fourth-order valence-corrected chi connectivity index (χ4v) is 2.03. The molecule has 1 heterocycles. The molecule has 2 N–H and O–H groups in total. The highest BCUT2D eigenvalue weighted by molar-refractivity contribution is 5.76. The highest BCUT2D eigenvalue weighted by atomic mass is 16.5. The summed E-state index contributed by atoms with van der Waals surface area (Å²) in [6, 6.07) is 0.631. The van der Waals surface area contributed by atoms with Crippen LogP contribution in [0.25, 0.3) is 0 Å². The van der Waals surface area contributed by atoms with E-state index >= 15 is 0 Å². The van der Waals surface area contributed by atoms with Gasteiger partial charge in [-0.3, -0.25) is 4.79 Å². The van der Waals surface area contributed by atoms with E-state index in [9.17, 15) is 4.79 Å². The van der Waals surface area contributed by atoms with Crippen LogP contribution in [0.4, 0.5) is 0 Å². The van der Waals surface area contributed by atoms with Crippen molar-refractivity contribution in [2.24, 2.45) is 5.92 Å². The second kappa shape index (κ2) is 6.86. The maximum Gasteiger partial charge on any atom is 0.221 e. The van der Waals surface area contributed by atoms with Crippen molar-refractivity contribution in [3.05, 3.63) is 0 Å². The summed E-state index contributed by atoms with van der Waals surface area (Å²) in [6.07, 6.45) is 2.71. The summed E-state index contributed by atoms with van der Waals surface area (Å²) < 4.78 is 5.20. The van der Waals surface area contributed by atoms with E-state index in [4.69, 9.17) is 4.74 Å². The van der Waals surface area contributed by atoms with Gasteiger partial charge in [0.05, 0.1) is 6.61 Å². The summed E-state index contributed by atoms with van der Waals surface area (Å²) in [4.78, 5) is 11.4. The molecule has 0 spiro atoms. The molecule has 0 aromatic heterocycles. The van der Waals surface area contributed by atoms with E-state index in [1.807, 2.05) is 0 Å². The Morgan fingerprint density at radius 3 is 2.94 bits per heavy atom. The first-order valence-electron chi connectivity index (χ1n) is 6.15. The number of amides is 1. The normalized spacial score (nSPS) is 24.0. The molecule has 1 aliphatic heterocycles. The van der Waals surface area contributed by atoms with Gasteiger partial charge in [-0.1, -0.05) is 13.8 Å². The van der Waals surface area contributed by atoms with Crippen LogP contribution in [-0.2, 0) is 9.53 Å². The van der Waals surface area contributed by atoms with Crippen molar-refractivity contribution in [1.82, 2.24) is 10.6 Å². The third-order valence-corrected chi connectivity index (χ3v) is 3.08. The largest absolute Gasteiger partial charge is 0.383 e. The molecule has 2 unspecified atom stereocenters. The van der Waals surface area contributed by atoms with Crippen LogP contribution >= 0.6 is 0 Å². The molecular formula is C12H24N2O2. The molecule has 94 valence electrons. The van der Waals surface area contributed by atoms with E-state index in [2.05, 4.69) is 24.5 Å². The first kappa shape index (κ1) is 13.5. The number of hydrogen-bond acceptors (Lipinski definition) is 3. The Kier molecular flexibility index (Phi) is 5.77. The Labute approximate surface area is 98.1 Å². The van der Waals surface area contributed by atoms with E-state index in [1.54, 1.807) is 7.11 Å². The van der Waals surface area contributed by atoms with Gasteiger partial charge in [-0.05, 0) is 18.8 Å². The van der Waals surface area contributed by atoms with Gasteiger partial charge in [0.15, 0.2) is 0 Å². The highest BCUT2D eigenvalue weighted by Gasteiger charge is 2.22. The zero-order chi connectivity index (χ0) is 12.0. The van der Waals surface area contributed by atoms with Crippen LogP contribution in [0.1, 0.15) is 33.1 Å². The minimum atomic E-state index is 0.162. The van der Waals surface area contributed by atoms with Gasteiger partial charge in [-0.15, -0.1) is 0 Å². The van der Waals surface area contributed by atoms with E-state index in [0.717, 1.165) is 19.4 Å². The van der Waals surface area contributed by atoms with Gasteiger partial charge in [-0.2, -0.15) is 0 Å². The molecule has 4 heteroatoms. The molecule has 4 nitrogen and oxygen atoms in total. The lowest BCUT2D eigenvalue weighted by molar-refractivity contribution is -0.121. The predicted octanol–water partition coefficient (Wildman–Crippen LogP) is 0.916. The number of methoxy groups -OCH3 is 1. The molecule has 0 aromatic carbocycles. The summed E-state index contributed by atoms with van der Waals surface area (Å²) in [6.45, 7) is 5.87. The van der Waals surface area contributed by atoms with Crippen molar-refractivity contribution >= 4 is 5.91 Å². The molecule has 16 heavy (non-hydrogen) atoms. The summed E-state index contributed by atoms with van der Waals surface area (Å²) >= 11 is 0. The van der Waals surface area contributed by atoms with E-state index in [0.29, 0.717) is 31.0 Å². The van der Waals surface area contributed by atoms with Gasteiger partial charge in [0, 0.05) is 32.2 Å². The molecule has 1 saturated heterocycles. The second-order valence-electron chi connectivity index (χ2n) is 4.87. The Morgan fingerprint density at radius 1 is 1.56 bits per heavy atom. The van der Waals surface area contributed by atoms with Crippen LogP contribution in [0.2, 0.25) is 0 Å². The summed E-state index contributed by atoms with van der Waals surface area (Å²) in [5.74, 6) is 0.682. The molecule has 0 aliphatic carbocycles. The lowest BCUT2D eigenvalue weighted by Gasteiger charge is -2.26. The van der Waals surface area contributed by atoms with E-state index < -0.39 is 0 Å². The van der Waals surface area contributed by atoms with Crippen molar-refractivity contribution in [2.45, 2.75) is 45.2 Å². The molecule has 1 fully saturated rings. The standard InChI is InChI=1S/C12H24N2O2/c1-9(2)11(8-16-3)14-10-5-4-6-13-12(15)7-10/h9-11,14H,4-8H2,1-3H3,(H,13,15). The lowest BCUT2D eigenvalue weighted by Crippen LogP contribution is -2.45. The maximum absolute atomic E-state index is 11.4. The number of rotatable bonds is 5. The summed E-state index contributed by atoms with van der Waals surface area (Å²) in [5.41, 5.74) is 0. The van der Waals surface area contributed by atoms with Crippen LogP contribution in [0.3, 0.4) is 0 Å². The van der Waals surface area contributed by atoms with Gasteiger partial charge in [0.2, 0.25) is 5.91 Å². The van der Waals surface area contributed by atoms with Crippen LogP contribution in [0, 0.1) is 5.92 Å². The monoisotopic (exact) mass is 228 g/mol. The smallest absolute Gasteiger partial charge is 0.221 e. The summed E-state index contributed by atoms with van der Waals surface area (Å²) in [7, 11) is 1.72. The summed E-state index contributed by atoms with van der Waals surface area (Å²) in [5, 5.41) is 6.44. The number of carbonyl (C=O) groups is 1. The average Bonchev–Trinajstić information content (AvgIpc) is 2.42. The Morgan fingerprint density at radius 2 is 2.31 bits per heavy atom. The van der Waals surface area contributed by atoms with Gasteiger partial charge in [0.25, 0.3) is 0 Å². The first-order chi connectivity index (χ1) is 7.63. The molecule has 1 amide bonds. The molecule has 0 saturated carbocycles. The Balaban J connectivity index is 2.45. The number of carbonyl (C=O) groups excluding carboxylic acids is 1. The minimum Gasteiger partial charge on any atom is -0.383 e. The van der Waals surface area contributed by atoms with Crippen LogP contribution in [0.5, 0.6) is 0 Å². The third-order valence-electron chi connectivity index (χ3n) is 3.08. The van der Waals surface area contributed by atoms with Crippen molar-refractivity contribution in [1.29, 1.82) is 0 Å². The zero-order valence-electron chi connectivity index (χ0n) is 10.6. The number of ether oxygens (including phenoxy) is 1. The molecule has 2 atom stereocenters. The van der Waals surface area contributed by atoms with Gasteiger partial charge < -0.3 is 15.4 Å². The maximum atomic E-state index is 11.4. The van der Waals surface area contributed by atoms with Crippen molar-refractivity contribution < 1.29 is 9.53 Å². The number of hydrogen-bond donors (Lipinski definition) is 2. The highest BCUT2D eigenvalue weighted by Crippen LogP contribution is 2.10. The third kappa shape index (κ3) is 4.49. The molecular weight excluding hydrogens is 204 g/mol. The van der Waals surface area contributed by atoms with Gasteiger partial charge >= 0.3 is 0 Å². The minimum absolute atomic E-state index is 0.162. The zero-order valence-corrected chi connectivity index (χ0v) is 10.6. The number of nitrogens with one attached hydrogen (secondary N) is 2. The fourth-order valence-electron chi connectivity index (χ4n) is 2.03. The topological polar surface area (TPSA) is 50.4 Å². The molecule has 1 rings (SSSR count). The molecule has 0 radical (unpaired) electrons. The SMILES string of the molecule is COCC(NC1CCCNC(=O)C1)C(C)C. The van der Waals surface area contributed by atoms with Gasteiger partial charge in [0.1, 0.15) is 0 Å². The molecule has 0 bridgehead atoms. The van der Waals surface area contributed by atoms with E-state index in [1.165, 1.54) is 0 Å². The second-order valence-corrected chi connectivity index (χ2v) is 4.87. The van der Waals surface area contributed by atoms with Crippen LogP contribution < -0.4 is 10.6 Å². The van der Waals surface area contributed by atoms with Crippen LogP contribution in [0.15, 0.2) is 0 Å². The predicted molar refractivity (Wildman–Crippen MR) is 64.3 cm³/mol. The fraction of sp³-hybridized carbons (Fsp3) is 0.917. The molecule has 1 aliphatic rings. The molecule has 0 aromatic rings. The quantitative estimate of drug-likeness (QED) is 0.735. The van der Waals surface area contributed by atoms with Gasteiger partial charge in [-0.25, -0.2) is 0 Å². The Hall–Kier alpha value is -0.610.